The van der Waals surface area contributed by atoms with Crippen LogP contribution in [0.4, 0.5) is 9.52 Å². The minimum absolute atomic E-state index is 0.0565. The summed E-state index contributed by atoms with van der Waals surface area (Å²) in [5.41, 5.74) is 2.16. The van der Waals surface area contributed by atoms with Crippen molar-refractivity contribution in [1.29, 1.82) is 0 Å². The molecule has 6 heteroatoms. The Morgan fingerprint density at radius 3 is 2.03 bits per heavy atom. The molecular weight excluding hydrogens is 433 g/mol. The zero-order valence-corrected chi connectivity index (χ0v) is 19.8. The van der Waals surface area contributed by atoms with Gasteiger partial charge in [0.2, 0.25) is 5.91 Å². The van der Waals surface area contributed by atoms with Crippen molar-refractivity contribution >= 4 is 32.6 Å². The molecule has 4 rings (SSSR count). The van der Waals surface area contributed by atoms with E-state index in [4.69, 9.17) is 0 Å². The molecule has 0 aliphatic rings. The van der Waals surface area contributed by atoms with Gasteiger partial charge in [0.25, 0.3) is 0 Å². The number of anilines is 1. The number of hydrogen-bond acceptors (Lipinski definition) is 4. The van der Waals surface area contributed by atoms with Crippen LogP contribution in [0.5, 0.6) is 0 Å². The highest BCUT2D eigenvalue weighted by molar-refractivity contribution is 7.22. The molecule has 4 aromatic rings. The van der Waals surface area contributed by atoms with Crippen LogP contribution in [-0.4, -0.2) is 42.0 Å². The topological polar surface area (TPSA) is 36.4 Å². The summed E-state index contributed by atoms with van der Waals surface area (Å²) in [6.45, 7) is 7.21. The van der Waals surface area contributed by atoms with E-state index in [0.29, 0.717) is 23.7 Å². The fourth-order valence-electron chi connectivity index (χ4n) is 4.02. The Morgan fingerprint density at radius 2 is 1.48 bits per heavy atom. The van der Waals surface area contributed by atoms with E-state index in [1.54, 1.807) is 11.0 Å². The van der Waals surface area contributed by atoms with E-state index in [1.165, 1.54) is 17.4 Å². The molecule has 1 amide bonds. The Bertz CT molecular complexity index is 1150. The van der Waals surface area contributed by atoms with Crippen molar-refractivity contribution in [2.45, 2.75) is 19.8 Å². The molecule has 1 heterocycles. The van der Waals surface area contributed by atoms with Crippen LogP contribution in [0, 0.1) is 5.82 Å². The van der Waals surface area contributed by atoms with Crippen molar-refractivity contribution in [3.05, 3.63) is 95.8 Å². The van der Waals surface area contributed by atoms with Gasteiger partial charge < -0.3 is 4.90 Å². The van der Waals surface area contributed by atoms with E-state index in [0.717, 1.165) is 28.9 Å². The number of thiazole rings is 1. The first kappa shape index (κ1) is 23.1. The molecule has 0 atom stereocenters. The van der Waals surface area contributed by atoms with Crippen LogP contribution < -0.4 is 4.90 Å². The highest BCUT2D eigenvalue weighted by Gasteiger charge is 2.30. The lowest BCUT2D eigenvalue weighted by atomic mass is 9.90. The van der Waals surface area contributed by atoms with Gasteiger partial charge in [0.15, 0.2) is 5.13 Å². The standard InChI is InChI=1S/C27H28FN3OS/c1-3-30(4-2)18-19-31(27-29-25-22(28)16-11-17-23(25)33-27)26(32)24(20-12-7-5-8-13-20)21-14-9-6-10-15-21/h5-17,24H,3-4,18-19H2,1-2H3. The second kappa shape index (κ2) is 10.7. The van der Waals surface area contributed by atoms with Crippen LogP contribution in [0.1, 0.15) is 30.9 Å². The van der Waals surface area contributed by atoms with E-state index in [-0.39, 0.29) is 11.7 Å². The highest BCUT2D eigenvalue weighted by atomic mass is 32.1. The third-order valence-corrected chi connectivity index (χ3v) is 6.95. The monoisotopic (exact) mass is 461 g/mol. The summed E-state index contributed by atoms with van der Waals surface area (Å²) in [7, 11) is 0. The van der Waals surface area contributed by atoms with Crippen molar-refractivity contribution in [2.75, 3.05) is 31.1 Å². The van der Waals surface area contributed by atoms with E-state index in [1.807, 2.05) is 66.7 Å². The van der Waals surface area contributed by atoms with Gasteiger partial charge in [-0.3, -0.25) is 9.69 Å². The lowest BCUT2D eigenvalue weighted by molar-refractivity contribution is -0.119. The van der Waals surface area contributed by atoms with Crippen molar-refractivity contribution in [3.63, 3.8) is 0 Å². The zero-order chi connectivity index (χ0) is 23.2. The van der Waals surface area contributed by atoms with Crippen LogP contribution in [0.15, 0.2) is 78.9 Å². The summed E-state index contributed by atoms with van der Waals surface area (Å²) >= 11 is 1.36. The molecule has 0 radical (unpaired) electrons. The lowest BCUT2D eigenvalue weighted by Gasteiger charge is -2.28. The summed E-state index contributed by atoms with van der Waals surface area (Å²) in [4.78, 5) is 22.8. The van der Waals surface area contributed by atoms with E-state index in [9.17, 15) is 9.18 Å². The second-order valence-corrected chi connectivity index (χ2v) is 8.86. The maximum Gasteiger partial charge on any atom is 0.240 e. The molecule has 0 fully saturated rings. The number of likely N-dealkylation sites (N-methyl/N-ethyl adjacent to an activating group) is 1. The molecule has 0 unspecified atom stereocenters. The summed E-state index contributed by atoms with van der Waals surface area (Å²) in [5, 5.41) is 0.532. The maximum absolute atomic E-state index is 14.4. The van der Waals surface area contributed by atoms with Crippen LogP contribution in [0.3, 0.4) is 0 Å². The summed E-state index contributed by atoms with van der Waals surface area (Å²) in [6, 6.07) is 24.6. The smallest absolute Gasteiger partial charge is 0.240 e. The van der Waals surface area contributed by atoms with Gasteiger partial charge in [-0.2, -0.15) is 0 Å². The van der Waals surface area contributed by atoms with Gasteiger partial charge >= 0.3 is 0 Å². The normalized spacial score (nSPS) is 11.4. The van der Waals surface area contributed by atoms with Crippen LogP contribution in [0.25, 0.3) is 10.2 Å². The minimum atomic E-state index is -0.471. The van der Waals surface area contributed by atoms with Gasteiger partial charge in [0, 0.05) is 13.1 Å². The molecule has 0 aliphatic heterocycles. The van der Waals surface area contributed by atoms with Crippen LogP contribution >= 0.6 is 11.3 Å². The predicted octanol–water partition coefficient (Wildman–Crippen LogP) is 5.94. The number of nitrogens with zero attached hydrogens (tertiary/aromatic N) is 3. The SMILES string of the molecule is CCN(CC)CCN(C(=O)C(c1ccccc1)c1ccccc1)c1nc2c(F)cccc2s1. The largest absolute Gasteiger partial charge is 0.302 e. The molecule has 0 bridgehead atoms. The lowest BCUT2D eigenvalue weighted by Crippen LogP contribution is -2.41. The molecule has 0 N–H and O–H groups in total. The summed E-state index contributed by atoms with van der Waals surface area (Å²) < 4.78 is 15.1. The fraction of sp³-hybridized carbons (Fsp3) is 0.259. The number of para-hydroxylation sites is 1. The molecule has 0 spiro atoms. The number of hydrogen-bond donors (Lipinski definition) is 0. The van der Waals surface area contributed by atoms with Gasteiger partial charge in [-0.05, 0) is 36.3 Å². The number of aromatic nitrogens is 1. The Labute approximate surface area is 198 Å². The first-order valence-corrected chi connectivity index (χ1v) is 12.1. The molecule has 0 saturated carbocycles. The number of fused-ring (bicyclic) bond motifs is 1. The highest BCUT2D eigenvalue weighted by Crippen LogP contribution is 2.34. The minimum Gasteiger partial charge on any atom is -0.302 e. The predicted molar refractivity (Wildman–Crippen MR) is 134 cm³/mol. The Balaban J connectivity index is 1.78. The third kappa shape index (κ3) is 5.13. The number of rotatable bonds is 9. The Kier molecular flexibility index (Phi) is 7.47. The molecular formula is C27H28FN3OS. The molecule has 170 valence electrons. The summed E-state index contributed by atoms with van der Waals surface area (Å²) in [6.07, 6.45) is 0. The second-order valence-electron chi connectivity index (χ2n) is 7.85. The van der Waals surface area contributed by atoms with Gasteiger partial charge in [-0.25, -0.2) is 9.37 Å². The molecule has 0 aliphatic carbocycles. The van der Waals surface area contributed by atoms with Crippen LogP contribution in [-0.2, 0) is 4.79 Å². The van der Waals surface area contributed by atoms with Crippen molar-refractivity contribution in [3.8, 4) is 0 Å². The quantitative estimate of drug-likeness (QED) is 0.309. The van der Waals surface area contributed by atoms with E-state index in [2.05, 4.69) is 23.7 Å². The maximum atomic E-state index is 14.4. The molecule has 4 nitrogen and oxygen atoms in total. The van der Waals surface area contributed by atoms with E-state index < -0.39 is 5.92 Å². The van der Waals surface area contributed by atoms with Crippen molar-refractivity contribution < 1.29 is 9.18 Å². The zero-order valence-electron chi connectivity index (χ0n) is 18.9. The third-order valence-electron chi connectivity index (χ3n) is 5.90. The number of carbonyl (C=O) groups is 1. The number of carbonyl (C=O) groups excluding carboxylic acids is 1. The molecule has 3 aromatic carbocycles. The fourth-order valence-corrected chi connectivity index (χ4v) is 5.04. The van der Waals surface area contributed by atoms with Gasteiger partial charge in [-0.1, -0.05) is 91.9 Å². The Morgan fingerprint density at radius 1 is 0.879 bits per heavy atom. The molecule has 0 saturated heterocycles. The molecule has 33 heavy (non-hydrogen) atoms. The van der Waals surface area contributed by atoms with Gasteiger partial charge in [0.05, 0.1) is 10.6 Å². The number of amides is 1. The molecule has 1 aromatic heterocycles. The Hall–Kier alpha value is -3.09. The number of halogens is 1. The average Bonchev–Trinajstić information content (AvgIpc) is 3.29. The first-order chi connectivity index (χ1) is 16.1. The van der Waals surface area contributed by atoms with Crippen LogP contribution in [0.2, 0.25) is 0 Å². The van der Waals surface area contributed by atoms with Crippen molar-refractivity contribution in [2.24, 2.45) is 0 Å². The van der Waals surface area contributed by atoms with Gasteiger partial charge in [-0.15, -0.1) is 0 Å². The van der Waals surface area contributed by atoms with Gasteiger partial charge in [0.1, 0.15) is 11.3 Å². The first-order valence-electron chi connectivity index (χ1n) is 11.3. The van der Waals surface area contributed by atoms with E-state index >= 15 is 0 Å². The average molecular weight is 462 g/mol. The summed E-state index contributed by atoms with van der Waals surface area (Å²) in [5.74, 6) is -0.895. The number of benzene rings is 3. The van der Waals surface area contributed by atoms with Crippen molar-refractivity contribution in [1.82, 2.24) is 9.88 Å².